The molecular weight excluding hydrogens is 337 g/mol. The van der Waals surface area contributed by atoms with Gasteiger partial charge in [0, 0.05) is 58.8 Å². The Kier molecular flexibility index (Phi) is 6.82. The largest absolute Gasteiger partial charge is 0.494 e. The molecule has 0 unspecified atom stereocenters. The van der Waals surface area contributed by atoms with E-state index in [9.17, 15) is 9.18 Å². The number of rotatable bonds is 6. The maximum absolute atomic E-state index is 13.8. The first-order valence-corrected chi connectivity index (χ1v) is 9.28. The molecule has 0 aliphatic carbocycles. The van der Waals surface area contributed by atoms with Gasteiger partial charge in [-0.05, 0) is 17.7 Å². The zero-order valence-corrected chi connectivity index (χ0v) is 15.5. The molecule has 0 N–H and O–H groups in total. The van der Waals surface area contributed by atoms with E-state index in [-0.39, 0.29) is 17.5 Å². The second-order valence-electron chi connectivity index (χ2n) is 6.83. The van der Waals surface area contributed by atoms with Crippen LogP contribution in [0.4, 0.5) is 4.39 Å². The molecule has 26 heavy (non-hydrogen) atoms. The van der Waals surface area contributed by atoms with Crippen molar-refractivity contribution in [2.24, 2.45) is 0 Å². The SMILES string of the molecule is COc1ccc(CN2CCN(CCC(=O)N3CCOCC3)CC2)cc1F. The van der Waals surface area contributed by atoms with Gasteiger partial charge in [0.1, 0.15) is 0 Å². The number of amides is 1. The fourth-order valence-electron chi connectivity index (χ4n) is 3.46. The van der Waals surface area contributed by atoms with Crippen LogP contribution in [0.1, 0.15) is 12.0 Å². The van der Waals surface area contributed by atoms with Crippen LogP contribution in [0.15, 0.2) is 18.2 Å². The van der Waals surface area contributed by atoms with Gasteiger partial charge >= 0.3 is 0 Å². The highest BCUT2D eigenvalue weighted by molar-refractivity contribution is 5.76. The number of carbonyl (C=O) groups excluding carboxylic acids is 1. The Morgan fingerprint density at radius 1 is 1.12 bits per heavy atom. The third kappa shape index (κ3) is 5.16. The number of methoxy groups -OCH3 is 1. The van der Waals surface area contributed by atoms with Crippen LogP contribution >= 0.6 is 0 Å². The molecule has 0 bridgehead atoms. The molecule has 7 heteroatoms. The monoisotopic (exact) mass is 365 g/mol. The van der Waals surface area contributed by atoms with Crippen molar-refractivity contribution >= 4 is 5.91 Å². The molecule has 2 fully saturated rings. The molecule has 0 spiro atoms. The molecule has 1 aromatic rings. The van der Waals surface area contributed by atoms with E-state index in [1.54, 1.807) is 12.1 Å². The first kappa shape index (κ1) is 19.1. The number of ether oxygens (including phenoxy) is 2. The topological polar surface area (TPSA) is 45.2 Å². The van der Waals surface area contributed by atoms with Crippen LogP contribution in [0.2, 0.25) is 0 Å². The first-order valence-electron chi connectivity index (χ1n) is 9.28. The lowest BCUT2D eigenvalue weighted by Crippen LogP contribution is -2.47. The van der Waals surface area contributed by atoms with Gasteiger partial charge in [0.2, 0.25) is 5.91 Å². The maximum atomic E-state index is 13.8. The van der Waals surface area contributed by atoms with E-state index in [0.717, 1.165) is 44.8 Å². The molecule has 2 aliphatic rings. The summed E-state index contributed by atoms with van der Waals surface area (Å²) in [5.41, 5.74) is 0.958. The minimum absolute atomic E-state index is 0.226. The molecule has 2 aliphatic heterocycles. The van der Waals surface area contributed by atoms with Crippen molar-refractivity contribution in [3.05, 3.63) is 29.6 Å². The molecule has 144 valence electrons. The summed E-state index contributed by atoms with van der Waals surface area (Å²) in [6.45, 7) is 8.01. The Morgan fingerprint density at radius 2 is 1.81 bits per heavy atom. The Balaban J connectivity index is 1.38. The van der Waals surface area contributed by atoms with Crippen molar-refractivity contribution in [2.45, 2.75) is 13.0 Å². The Morgan fingerprint density at radius 3 is 2.46 bits per heavy atom. The van der Waals surface area contributed by atoms with E-state index >= 15 is 0 Å². The van der Waals surface area contributed by atoms with Gasteiger partial charge in [0.15, 0.2) is 11.6 Å². The first-order chi connectivity index (χ1) is 12.7. The molecule has 0 radical (unpaired) electrons. The number of hydrogen-bond donors (Lipinski definition) is 0. The van der Waals surface area contributed by atoms with Crippen LogP contribution in [0.5, 0.6) is 5.75 Å². The molecule has 0 atom stereocenters. The van der Waals surface area contributed by atoms with Gasteiger partial charge in [-0.3, -0.25) is 9.69 Å². The van der Waals surface area contributed by atoms with Crippen LogP contribution in [0, 0.1) is 5.82 Å². The molecule has 1 aromatic carbocycles. The minimum Gasteiger partial charge on any atom is -0.494 e. The van der Waals surface area contributed by atoms with E-state index in [4.69, 9.17) is 9.47 Å². The van der Waals surface area contributed by atoms with Gasteiger partial charge in [0.05, 0.1) is 20.3 Å². The highest BCUT2D eigenvalue weighted by Crippen LogP contribution is 2.19. The summed E-state index contributed by atoms with van der Waals surface area (Å²) in [5.74, 6) is 0.193. The lowest BCUT2D eigenvalue weighted by Gasteiger charge is -2.35. The minimum atomic E-state index is -0.315. The third-order valence-corrected chi connectivity index (χ3v) is 5.09. The average molecular weight is 365 g/mol. The van der Waals surface area contributed by atoms with Crippen molar-refractivity contribution in [2.75, 3.05) is 66.1 Å². The predicted molar refractivity (Wildman–Crippen MR) is 96.7 cm³/mol. The molecule has 2 saturated heterocycles. The Hall–Kier alpha value is -1.70. The van der Waals surface area contributed by atoms with Crippen LogP contribution in [-0.4, -0.2) is 86.7 Å². The molecule has 0 saturated carbocycles. The van der Waals surface area contributed by atoms with Gasteiger partial charge in [-0.2, -0.15) is 0 Å². The zero-order valence-electron chi connectivity index (χ0n) is 15.5. The average Bonchev–Trinajstić information content (AvgIpc) is 2.68. The highest BCUT2D eigenvalue weighted by Gasteiger charge is 2.21. The quantitative estimate of drug-likeness (QED) is 0.758. The standard InChI is InChI=1S/C19H28FN3O3/c1-25-18-3-2-16(14-17(18)20)15-22-8-6-21(7-9-22)5-4-19(24)23-10-12-26-13-11-23/h2-3,14H,4-13,15H2,1H3. The third-order valence-electron chi connectivity index (χ3n) is 5.09. The number of nitrogens with zero attached hydrogens (tertiary/aromatic N) is 3. The molecule has 6 nitrogen and oxygen atoms in total. The van der Waals surface area contributed by atoms with Crippen LogP contribution in [0.3, 0.4) is 0 Å². The summed E-state index contributed by atoms with van der Waals surface area (Å²) >= 11 is 0. The maximum Gasteiger partial charge on any atom is 0.224 e. The number of hydrogen-bond acceptors (Lipinski definition) is 5. The van der Waals surface area contributed by atoms with Gasteiger partial charge in [-0.25, -0.2) is 4.39 Å². The fraction of sp³-hybridized carbons (Fsp3) is 0.632. The summed E-state index contributed by atoms with van der Waals surface area (Å²) < 4.78 is 24.0. The highest BCUT2D eigenvalue weighted by atomic mass is 19.1. The van der Waals surface area contributed by atoms with Crippen molar-refractivity contribution in [3.63, 3.8) is 0 Å². The van der Waals surface area contributed by atoms with Crippen molar-refractivity contribution in [1.82, 2.24) is 14.7 Å². The molecule has 3 rings (SSSR count). The zero-order chi connectivity index (χ0) is 18.4. The van der Waals surface area contributed by atoms with E-state index in [1.165, 1.54) is 7.11 Å². The van der Waals surface area contributed by atoms with Crippen LogP contribution in [-0.2, 0) is 16.1 Å². The van der Waals surface area contributed by atoms with Crippen molar-refractivity contribution in [3.8, 4) is 5.75 Å². The van der Waals surface area contributed by atoms with E-state index in [2.05, 4.69) is 9.80 Å². The Labute approximate surface area is 154 Å². The van der Waals surface area contributed by atoms with Crippen LogP contribution in [0.25, 0.3) is 0 Å². The summed E-state index contributed by atoms with van der Waals surface area (Å²) in [7, 11) is 1.47. The summed E-state index contributed by atoms with van der Waals surface area (Å²) in [6, 6.07) is 5.14. The van der Waals surface area contributed by atoms with Gasteiger partial charge in [-0.15, -0.1) is 0 Å². The number of carbonyl (C=O) groups is 1. The van der Waals surface area contributed by atoms with Gasteiger partial charge in [0.25, 0.3) is 0 Å². The van der Waals surface area contributed by atoms with Gasteiger partial charge in [-0.1, -0.05) is 6.07 Å². The van der Waals surface area contributed by atoms with Crippen molar-refractivity contribution < 1.29 is 18.7 Å². The summed E-state index contributed by atoms with van der Waals surface area (Å²) in [5, 5.41) is 0. The molecule has 2 heterocycles. The van der Waals surface area contributed by atoms with E-state index < -0.39 is 0 Å². The summed E-state index contributed by atoms with van der Waals surface area (Å²) in [4.78, 5) is 18.8. The molecule has 0 aromatic heterocycles. The Bertz CT molecular complexity index is 600. The second kappa shape index (κ2) is 9.30. The predicted octanol–water partition coefficient (Wildman–Crippen LogP) is 1.20. The van der Waals surface area contributed by atoms with Gasteiger partial charge < -0.3 is 19.3 Å². The lowest BCUT2D eigenvalue weighted by molar-refractivity contribution is -0.135. The second-order valence-corrected chi connectivity index (χ2v) is 6.83. The number of halogens is 1. The number of morpholine rings is 1. The summed E-state index contributed by atoms with van der Waals surface area (Å²) in [6.07, 6.45) is 0.573. The fourth-order valence-corrected chi connectivity index (χ4v) is 3.46. The normalized spacial score (nSPS) is 19.5. The smallest absolute Gasteiger partial charge is 0.224 e. The lowest BCUT2D eigenvalue weighted by atomic mass is 10.1. The van der Waals surface area contributed by atoms with Crippen molar-refractivity contribution in [1.29, 1.82) is 0 Å². The van der Waals surface area contributed by atoms with Crippen LogP contribution < -0.4 is 4.74 Å². The molecular formula is C19H28FN3O3. The number of benzene rings is 1. The van der Waals surface area contributed by atoms with E-state index in [1.807, 2.05) is 11.0 Å². The number of piperazine rings is 1. The van der Waals surface area contributed by atoms with E-state index in [0.29, 0.717) is 32.7 Å². The molecule has 1 amide bonds.